The number of carboxylic acids is 1. The lowest BCUT2D eigenvalue weighted by Gasteiger charge is -2.19. The maximum Gasteiger partial charge on any atom is 0.412 e. The number of nitrogens with one attached hydrogen (secondary N) is 1. The summed E-state index contributed by atoms with van der Waals surface area (Å²) in [5.41, 5.74) is 0.128. The number of hydrogen-bond donors (Lipinski definition) is 2. The molecule has 5 nitrogen and oxygen atoms in total. The minimum absolute atomic E-state index is 0.188. The van der Waals surface area contributed by atoms with E-state index >= 15 is 0 Å². The highest BCUT2D eigenvalue weighted by atomic mass is 32.1. The number of ether oxygens (including phenoxy) is 1. The van der Waals surface area contributed by atoms with Crippen LogP contribution in [0.15, 0.2) is 6.07 Å². The van der Waals surface area contributed by atoms with Crippen LogP contribution in [0.3, 0.4) is 0 Å². The van der Waals surface area contributed by atoms with E-state index in [2.05, 4.69) is 5.32 Å². The SMILES string of the molecule is Cc1cc(C(=O)O)sc1NC(=O)OC(C)(C)C. The third-order valence-electron chi connectivity index (χ3n) is 1.74. The van der Waals surface area contributed by atoms with E-state index in [1.165, 1.54) is 6.07 Å². The molecular weight excluding hydrogens is 242 g/mol. The lowest BCUT2D eigenvalue weighted by atomic mass is 10.2. The molecule has 0 radical (unpaired) electrons. The maximum absolute atomic E-state index is 11.5. The molecule has 2 N–H and O–H groups in total. The summed E-state index contributed by atoms with van der Waals surface area (Å²) in [4.78, 5) is 22.4. The molecule has 1 rings (SSSR count). The molecule has 0 spiro atoms. The van der Waals surface area contributed by atoms with Crippen molar-refractivity contribution in [1.29, 1.82) is 0 Å². The molecular formula is C11H15NO4S. The summed E-state index contributed by atoms with van der Waals surface area (Å²) in [5, 5.41) is 11.8. The number of amides is 1. The molecule has 0 aliphatic rings. The van der Waals surface area contributed by atoms with Gasteiger partial charge in [-0.3, -0.25) is 5.32 Å². The molecule has 0 aliphatic heterocycles. The van der Waals surface area contributed by atoms with Gasteiger partial charge in [0.15, 0.2) is 0 Å². The van der Waals surface area contributed by atoms with E-state index < -0.39 is 17.7 Å². The third kappa shape index (κ3) is 4.07. The van der Waals surface area contributed by atoms with Crippen molar-refractivity contribution in [2.24, 2.45) is 0 Å². The first-order valence-electron chi connectivity index (χ1n) is 5.03. The second-order valence-corrected chi connectivity index (χ2v) is 5.61. The highest BCUT2D eigenvalue weighted by Gasteiger charge is 2.18. The Morgan fingerprint density at radius 2 is 2.00 bits per heavy atom. The first-order chi connectivity index (χ1) is 7.69. The number of carboxylic acid groups (broad SMARTS) is 1. The van der Waals surface area contributed by atoms with E-state index in [0.29, 0.717) is 10.6 Å². The monoisotopic (exact) mass is 257 g/mol. The smallest absolute Gasteiger partial charge is 0.412 e. The number of rotatable bonds is 2. The van der Waals surface area contributed by atoms with Gasteiger partial charge in [0, 0.05) is 0 Å². The highest BCUT2D eigenvalue weighted by Crippen LogP contribution is 2.27. The summed E-state index contributed by atoms with van der Waals surface area (Å²) in [6, 6.07) is 1.51. The number of aryl methyl sites for hydroxylation is 1. The van der Waals surface area contributed by atoms with Crippen molar-refractivity contribution in [1.82, 2.24) is 0 Å². The van der Waals surface area contributed by atoms with Gasteiger partial charge < -0.3 is 9.84 Å². The normalized spacial score (nSPS) is 11.1. The Bertz CT molecular complexity index is 445. The fraction of sp³-hybridized carbons (Fsp3) is 0.455. The molecule has 0 atom stereocenters. The van der Waals surface area contributed by atoms with Gasteiger partial charge in [-0.2, -0.15) is 0 Å². The second kappa shape index (κ2) is 4.75. The standard InChI is InChI=1S/C11H15NO4S/c1-6-5-7(9(13)14)17-8(6)12-10(15)16-11(2,3)4/h5H,1-4H3,(H,12,15)(H,13,14). The zero-order chi connectivity index (χ0) is 13.2. The first kappa shape index (κ1) is 13.5. The zero-order valence-corrected chi connectivity index (χ0v) is 11.0. The topological polar surface area (TPSA) is 75.6 Å². The minimum atomic E-state index is -1.00. The first-order valence-corrected chi connectivity index (χ1v) is 5.84. The average molecular weight is 257 g/mol. The third-order valence-corrected chi connectivity index (χ3v) is 2.88. The lowest BCUT2D eigenvalue weighted by Crippen LogP contribution is -2.27. The average Bonchev–Trinajstić information content (AvgIpc) is 2.44. The predicted octanol–water partition coefficient (Wildman–Crippen LogP) is 3.10. The molecule has 94 valence electrons. The van der Waals surface area contributed by atoms with Crippen molar-refractivity contribution >= 4 is 28.4 Å². The van der Waals surface area contributed by atoms with Crippen LogP contribution in [0.5, 0.6) is 0 Å². The summed E-state index contributed by atoms with van der Waals surface area (Å²) in [5.74, 6) is -1.00. The molecule has 1 aromatic rings. The summed E-state index contributed by atoms with van der Waals surface area (Å²) >= 11 is 1.01. The van der Waals surface area contributed by atoms with Gasteiger partial charge in [0.1, 0.15) is 15.5 Å². The molecule has 0 aromatic carbocycles. The summed E-state index contributed by atoms with van der Waals surface area (Å²) < 4.78 is 5.08. The number of hydrogen-bond acceptors (Lipinski definition) is 4. The Hall–Kier alpha value is -1.56. The van der Waals surface area contributed by atoms with Crippen molar-refractivity contribution in [3.63, 3.8) is 0 Å². The van der Waals surface area contributed by atoms with Crippen molar-refractivity contribution in [2.75, 3.05) is 5.32 Å². The number of carbonyl (C=O) groups excluding carboxylic acids is 1. The number of carbonyl (C=O) groups is 2. The van der Waals surface area contributed by atoms with Gasteiger partial charge in [-0.1, -0.05) is 0 Å². The molecule has 1 heterocycles. The van der Waals surface area contributed by atoms with Crippen LogP contribution < -0.4 is 5.32 Å². The fourth-order valence-corrected chi connectivity index (χ4v) is 2.01. The van der Waals surface area contributed by atoms with Crippen LogP contribution in [0, 0.1) is 6.92 Å². The molecule has 0 bridgehead atoms. The Kier molecular flexibility index (Phi) is 3.77. The van der Waals surface area contributed by atoms with Crippen LogP contribution in [-0.4, -0.2) is 22.8 Å². The summed E-state index contributed by atoms with van der Waals surface area (Å²) in [7, 11) is 0. The van der Waals surface area contributed by atoms with Gasteiger partial charge in [0.25, 0.3) is 0 Å². The van der Waals surface area contributed by atoms with Gasteiger partial charge >= 0.3 is 12.1 Å². The van der Waals surface area contributed by atoms with Gasteiger partial charge in [-0.05, 0) is 39.3 Å². The van der Waals surface area contributed by atoms with Gasteiger partial charge in [0.05, 0.1) is 0 Å². The molecule has 1 aromatic heterocycles. The van der Waals surface area contributed by atoms with E-state index in [0.717, 1.165) is 11.3 Å². The predicted molar refractivity (Wildman–Crippen MR) is 65.9 cm³/mol. The maximum atomic E-state index is 11.5. The summed E-state index contributed by atoms with van der Waals surface area (Å²) in [6.07, 6.45) is -0.584. The van der Waals surface area contributed by atoms with Crippen molar-refractivity contribution in [2.45, 2.75) is 33.3 Å². The number of anilines is 1. The molecule has 0 unspecified atom stereocenters. The van der Waals surface area contributed by atoms with Crippen molar-refractivity contribution in [3.8, 4) is 0 Å². The van der Waals surface area contributed by atoms with Crippen molar-refractivity contribution in [3.05, 3.63) is 16.5 Å². The van der Waals surface area contributed by atoms with E-state index in [1.54, 1.807) is 27.7 Å². The molecule has 17 heavy (non-hydrogen) atoms. The Labute approximate surface area is 103 Å². The Morgan fingerprint density at radius 3 is 2.41 bits per heavy atom. The van der Waals surface area contributed by atoms with Crippen LogP contribution >= 0.6 is 11.3 Å². The number of thiophene rings is 1. The van der Waals surface area contributed by atoms with Gasteiger partial charge in [-0.15, -0.1) is 11.3 Å². The van der Waals surface area contributed by atoms with Crippen LogP contribution in [0.2, 0.25) is 0 Å². The van der Waals surface area contributed by atoms with E-state index in [1.807, 2.05) is 0 Å². The van der Waals surface area contributed by atoms with Gasteiger partial charge in [-0.25, -0.2) is 9.59 Å². The largest absolute Gasteiger partial charge is 0.477 e. The molecule has 1 amide bonds. The molecule has 0 fully saturated rings. The molecule has 6 heteroatoms. The van der Waals surface area contributed by atoms with E-state index in [-0.39, 0.29) is 4.88 Å². The van der Waals surface area contributed by atoms with Crippen LogP contribution in [0.1, 0.15) is 36.0 Å². The highest BCUT2D eigenvalue weighted by molar-refractivity contribution is 7.18. The van der Waals surface area contributed by atoms with Gasteiger partial charge in [0.2, 0.25) is 0 Å². The Balaban J connectivity index is 2.75. The molecule has 0 saturated carbocycles. The minimum Gasteiger partial charge on any atom is -0.477 e. The summed E-state index contributed by atoms with van der Waals surface area (Å²) in [6.45, 7) is 7.01. The molecule has 0 aliphatic carbocycles. The fourth-order valence-electron chi connectivity index (χ4n) is 1.11. The van der Waals surface area contributed by atoms with E-state index in [9.17, 15) is 9.59 Å². The molecule has 0 saturated heterocycles. The lowest BCUT2D eigenvalue weighted by molar-refractivity contribution is 0.0634. The van der Waals surface area contributed by atoms with Crippen molar-refractivity contribution < 1.29 is 19.4 Å². The van der Waals surface area contributed by atoms with Crippen LogP contribution in [0.4, 0.5) is 9.80 Å². The van der Waals surface area contributed by atoms with Crippen LogP contribution in [-0.2, 0) is 4.74 Å². The van der Waals surface area contributed by atoms with Crippen LogP contribution in [0.25, 0.3) is 0 Å². The Morgan fingerprint density at radius 1 is 1.41 bits per heavy atom. The zero-order valence-electron chi connectivity index (χ0n) is 10.2. The van der Waals surface area contributed by atoms with E-state index in [4.69, 9.17) is 9.84 Å². The number of aromatic carboxylic acids is 1. The second-order valence-electron chi connectivity index (χ2n) is 4.55. The quantitative estimate of drug-likeness (QED) is 0.853.